The molecule has 0 aliphatic rings. The molecule has 0 saturated carbocycles. The fourth-order valence-electron chi connectivity index (χ4n) is 2.32. The van der Waals surface area contributed by atoms with E-state index in [9.17, 15) is 14.9 Å². The molecule has 0 spiro atoms. The van der Waals surface area contributed by atoms with Crippen LogP contribution in [0.2, 0.25) is 0 Å². The average molecular weight is 364 g/mol. The summed E-state index contributed by atoms with van der Waals surface area (Å²) in [6, 6.07) is 5.87. The lowest BCUT2D eigenvalue weighted by Gasteiger charge is -2.03. The van der Waals surface area contributed by atoms with Crippen LogP contribution in [-0.4, -0.2) is 14.7 Å². The van der Waals surface area contributed by atoms with Crippen molar-refractivity contribution in [3.8, 4) is 5.69 Å². The zero-order valence-corrected chi connectivity index (χ0v) is 13.2. The summed E-state index contributed by atoms with van der Waals surface area (Å²) in [5.74, 6) is 0. The Kier molecular flexibility index (Phi) is 3.32. The van der Waals surface area contributed by atoms with E-state index >= 15 is 0 Å². The van der Waals surface area contributed by atoms with Crippen molar-refractivity contribution in [2.24, 2.45) is 0 Å². The molecule has 1 aromatic carbocycles. The summed E-state index contributed by atoms with van der Waals surface area (Å²) < 4.78 is 7.16. The number of rotatable bonds is 2. The van der Waals surface area contributed by atoms with Gasteiger partial charge >= 0.3 is 5.63 Å². The second-order valence-corrected chi connectivity index (χ2v) is 5.57. The molecular weight excluding hydrogens is 354 g/mol. The van der Waals surface area contributed by atoms with Crippen molar-refractivity contribution in [2.45, 2.75) is 13.8 Å². The van der Waals surface area contributed by atoms with Crippen molar-refractivity contribution in [1.29, 1.82) is 0 Å². The van der Waals surface area contributed by atoms with Crippen LogP contribution in [0.25, 0.3) is 16.8 Å². The number of fused-ring (bicyclic) bond motifs is 1. The number of aromatic nitrogens is 2. The molecule has 0 aliphatic heterocycles. The van der Waals surface area contributed by atoms with Gasteiger partial charge in [0.25, 0.3) is 5.69 Å². The zero-order chi connectivity index (χ0) is 16.0. The highest BCUT2D eigenvalue weighted by atomic mass is 79.9. The summed E-state index contributed by atoms with van der Waals surface area (Å²) in [6.07, 6.45) is 0. The van der Waals surface area contributed by atoms with Gasteiger partial charge in [0.05, 0.1) is 21.7 Å². The van der Waals surface area contributed by atoms with Gasteiger partial charge in [-0.05, 0) is 47.5 Å². The number of aryl methyl sites for hydroxylation is 2. The van der Waals surface area contributed by atoms with Gasteiger partial charge < -0.3 is 4.42 Å². The van der Waals surface area contributed by atoms with Crippen molar-refractivity contribution in [3.63, 3.8) is 0 Å². The molecule has 0 N–H and O–H groups in total. The molecule has 0 fully saturated rings. The van der Waals surface area contributed by atoms with Gasteiger partial charge in [-0.1, -0.05) is 0 Å². The smallest absolute Gasteiger partial charge is 0.352 e. The van der Waals surface area contributed by atoms with E-state index in [-0.39, 0.29) is 5.69 Å². The second-order valence-electron chi connectivity index (χ2n) is 4.78. The van der Waals surface area contributed by atoms with Crippen molar-refractivity contribution < 1.29 is 9.34 Å². The SMILES string of the molecule is Cc1nn(-c2ccc([N+](=O)[O-])cc2)c2oc(=O)c(Br)c(C)c12. The predicted octanol–water partition coefficient (Wildman–Crippen LogP) is 3.27. The first-order chi connectivity index (χ1) is 10.4. The van der Waals surface area contributed by atoms with Crippen molar-refractivity contribution in [3.05, 3.63) is 60.5 Å². The number of non-ortho nitro benzene ring substituents is 1. The quantitative estimate of drug-likeness (QED) is 0.514. The first-order valence-electron chi connectivity index (χ1n) is 6.33. The van der Waals surface area contributed by atoms with Crippen LogP contribution in [0, 0.1) is 24.0 Å². The van der Waals surface area contributed by atoms with Crippen LogP contribution in [-0.2, 0) is 0 Å². The molecule has 0 amide bonds. The molecule has 0 unspecified atom stereocenters. The van der Waals surface area contributed by atoms with E-state index in [2.05, 4.69) is 21.0 Å². The number of hydrogen-bond donors (Lipinski definition) is 0. The summed E-state index contributed by atoms with van der Waals surface area (Å²) in [7, 11) is 0. The van der Waals surface area contributed by atoms with Crippen LogP contribution in [0.1, 0.15) is 11.3 Å². The van der Waals surface area contributed by atoms with Gasteiger partial charge in [-0.25, -0.2) is 4.79 Å². The summed E-state index contributed by atoms with van der Waals surface area (Å²) in [4.78, 5) is 22.1. The number of nitrogens with zero attached hydrogens (tertiary/aromatic N) is 3. The normalized spacial score (nSPS) is 11.0. The minimum Gasteiger partial charge on any atom is -0.403 e. The number of hydrogen-bond acceptors (Lipinski definition) is 5. The third-order valence-electron chi connectivity index (χ3n) is 3.40. The minimum absolute atomic E-state index is 0.0164. The highest BCUT2D eigenvalue weighted by Gasteiger charge is 2.18. The molecule has 0 aliphatic carbocycles. The summed E-state index contributed by atoms with van der Waals surface area (Å²) in [6.45, 7) is 3.61. The Bertz CT molecular complexity index is 957. The Morgan fingerprint density at radius 3 is 2.50 bits per heavy atom. The van der Waals surface area contributed by atoms with Crippen molar-refractivity contribution in [1.82, 2.24) is 9.78 Å². The average Bonchev–Trinajstić information content (AvgIpc) is 2.81. The van der Waals surface area contributed by atoms with Gasteiger partial charge in [0, 0.05) is 12.1 Å². The number of nitro benzene ring substituents is 1. The van der Waals surface area contributed by atoms with Crippen LogP contribution in [0.3, 0.4) is 0 Å². The van der Waals surface area contributed by atoms with Gasteiger partial charge in [-0.2, -0.15) is 9.78 Å². The highest BCUT2D eigenvalue weighted by molar-refractivity contribution is 9.10. The first-order valence-corrected chi connectivity index (χ1v) is 7.13. The van der Waals surface area contributed by atoms with Crippen molar-refractivity contribution in [2.75, 3.05) is 0 Å². The number of halogens is 1. The zero-order valence-electron chi connectivity index (χ0n) is 11.7. The van der Waals surface area contributed by atoms with E-state index in [0.29, 0.717) is 21.6 Å². The lowest BCUT2D eigenvalue weighted by molar-refractivity contribution is -0.384. The van der Waals surface area contributed by atoms with E-state index < -0.39 is 10.5 Å². The molecule has 7 nitrogen and oxygen atoms in total. The molecule has 8 heteroatoms. The molecule has 2 aromatic heterocycles. The highest BCUT2D eigenvalue weighted by Crippen LogP contribution is 2.27. The van der Waals surface area contributed by atoms with Gasteiger partial charge in [0.2, 0.25) is 5.71 Å². The lowest BCUT2D eigenvalue weighted by atomic mass is 10.2. The van der Waals surface area contributed by atoms with Crippen LogP contribution < -0.4 is 5.63 Å². The van der Waals surface area contributed by atoms with Gasteiger partial charge in [-0.15, -0.1) is 0 Å². The molecule has 0 atom stereocenters. The van der Waals surface area contributed by atoms with Crippen LogP contribution in [0.4, 0.5) is 5.69 Å². The monoisotopic (exact) mass is 363 g/mol. The van der Waals surface area contributed by atoms with Crippen LogP contribution in [0.5, 0.6) is 0 Å². The minimum atomic E-state index is -0.493. The first kappa shape index (κ1) is 14.5. The molecule has 112 valence electrons. The Morgan fingerprint density at radius 2 is 1.91 bits per heavy atom. The third kappa shape index (κ3) is 2.12. The number of nitro groups is 1. The molecule has 0 radical (unpaired) electrons. The maximum atomic E-state index is 11.8. The van der Waals surface area contributed by atoms with E-state index in [4.69, 9.17) is 4.42 Å². The molecule has 3 aromatic rings. The topological polar surface area (TPSA) is 91.2 Å². The third-order valence-corrected chi connectivity index (χ3v) is 4.31. The van der Waals surface area contributed by atoms with Crippen LogP contribution >= 0.6 is 15.9 Å². The summed E-state index contributed by atoms with van der Waals surface area (Å²) in [5.41, 5.74) is 1.84. The fraction of sp³-hybridized carbons (Fsp3) is 0.143. The summed E-state index contributed by atoms with van der Waals surface area (Å²) >= 11 is 3.21. The Hall–Kier alpha value is -2.48. The largest absolute Gasteiger partial charge is 0.403 e. The summed E-state index contributed by atoms with van der Waals surface area (Å²) in [5, 5.41) is 15.8. The second kappa shape index (κ2) is 5.06. The van der Waals surface area contributed by atoms with Gasteiger partial charge in [0.1, 0.15) is 4.47 Å². The van der Waals surface area contributed by atoms with Crippen LogP contribution in [0.15, 0.2) is 37.9 Å². The van der Waals surface area contributed by atoms with Crippen molar-refractivity contribution >= 4 is 32.7 Å². The molecule has 22 heavy (non-hydrogen) atoms. The van der Waals surface area contributed by atoms with Gasteiger partial charge in [-0.3, -0.25) is 10.1 Å². The molecule has 3 rings (SSSR count). The fourth-order valence-corrected chi connectivity index (χ4v) is 2.60. The maximum absolute atomic E-state index is 11.8. The Morgan fingerprint density at radius 1 is 1.27 bits per heavy atom. The van der Waals surface area contributed by atoms with Gasteiger partial charge in [0.15, 0.2) is 0 Å². The Balaban J connectivity index is 2.28. The molecule has 0 saturated heterocycles. The molecule has 2 heterocycles. The predicted molar refractivity (Wildman–Crippen MR) is 83.4 cm³/mol. The Labute approximate surface area is 132 Å². The standard InChI is InChI=1S/C14H10BrN3O4/c1-7-11-8(2)16-17(13(11)22-14(19)12(7)15)9-3-5-10(6-4-9)18(20)21/h3-6H,1-2H3. The number of benzene rings is 1. The van der Waals surface area contributed by atoms with E-state index in [1.54, 1.807) is 19.1 Å². The van der Waals surface area contributed by atoms with E-state index in [0.717, 1.165) is 10.9 Å². The maximum Gasteiger partial charge on any atom is 0.352 e. The lowest BCUT2D eigenvalue weighted by Crippen LogP contribution is -2.04. The van der Waals surface area contributed by atoms with E-state index in [1.165, 1.54) is 16.8 Å². The molecule has 0 bridgehead atoms. The van der Waals surface area contributed by atoms with E-state index in [1.807, 2.05) is 6.92 Å². The molecular formula is C14H10BrN3O4.